The Morgan fingerprint density at radius 3 is 1.63 bits per heavy atom. The van der Waals surface area contributed by atoms with Crippen molar-refractivity contribution >= 4 is 52.4 Å². The van der Waals surface area contributed by atoms with Gasteiger partial charge in [0.1, 0.15) is 47.8 Å². The molecular weight excluding hydrogens is 1520 g/mol. The molecule has 0 N–H and O–H groups in total. The first kappa shape index (κ1) is 87.1. The molecule has 0 unspecified atom stereocenters. The molecule has 12 rings (SSSR count). The SMILES string of the molecule is CC(=O)CCC(=O)O[C@H]1CC[C@H](O[C@@H]2[C@@H](C)O[C@@H](O[C@@H]3[C@@H](C)O[C@@H](O[C@H]4CC[C@H](O[C@@H]5C[C@H](O[C@@H]6C[C@H](Oc7ccc(OCOCC[Si](C)(C)C)cc7)O[C@H](C)[C@H]6OC(=O)c6ccccc6)O[C@H](C)[C@H]5OS(=O)(=O)CCc5ccc([N+](=O)[O-])cc5)O[C@H]4C)C[C@H]3OCc3ccccc3)C[C@H]2OCc2ccc3ccccc3c2)O[C@H]1C. The Morgan fingerprint density at radius 1 is 0.487 bits per heavy atom. The number of rotatable bonds is 36. The predicted molar refractivity (Wildman–Crippen MR) is 422 cm³/mol. The summed E-state index contributed by atoms with van der Waals surface area (Å²) in [7, 11) is -5.63. The van der Waals surface area contributed by atoms with Crippen LogP contribution in [-0.2, 0) is 119 Å². The van der Waals surface area contributed by atoms with Crippen LogP contribution in [0.2, 0.25) is 25.7 Å². The van der Waals surface area contributed by atoms with E-state index in [9.17, 15) is 32.9 Å². The van der Waals surface area contributed by atoms with E-state index in [1.807, 2.05) is 70.2 Å². The third-order valence-electron chi connectivity index (χ3n) is 21.5. The average Bonchev–Trinajstić information content (AvgIpc) is 0.793. The predicted octanol–water partition coefficient (Wildman–Crippen LogP) is 14.0. The first-order valence-electron chi connectivity index (χ1n) is 40.2. The highest BCUT2D eigenvalue weighted by molar-refractivity contribution is 7.86. The van der Waals surface area contributed by atoms with E-state index in [1.54, 1.807) is 68.4 Å². The van der Waals surface area contributed by atoms with Gasteiger partial charge in [-0.25, -0.2) is 4.79 Å². The maximum absolute atomic E-state index is 14.2. The van der Waals surface area contributed by atoms with Gasteiger partial charge in [0.05, 0.1) is 96.9 Å². The molecule has 0 radical (unpaired) electrons. The van der Waals surface area contributed by atoms with Gasteiger partial charge in [0.15, 0.2) is 44.3 Å². The lowest BCUT2D eigenvalue weighted by atomic mass is 9.99. The molecule has 0 spiro atoms. The lowest BCUT2D eigenvalue weighted by molar-refractivity contribution is -0.384. The number of nitrogens with zero attached hydrogens (tertiary/aromatic N) is 1. The number of carbonyl (C=O) groups excluding carboxylic acids is 3. The Labute approximate surface area is 674 Å². The Morgan fingerprint density at radius 2 is 0.991 bits per heavy atom. The van der Waals surface area contributed by atoms with E-state index in [-0.39, 0.29) is 76.4 Å². The third-order valence-corrected chi connectivity index (χ3v) is 24.4. The Balaban J connectivity index is 0.720. The second-order valence-corrected chi connectivity index (χ2v) is 39.2. The van der Waals surface area contributed by atoms with Crippen molar-refractivity contribution in [3.63, 3.8) is 0 Å². The number of benzene rings is 6. The number of carbonyl (C=O) groups is 3. The van der Waals surface area contributed by atoms with E-state index in [0.717, 1.165) is 27.9 Å². The van der Waals surface area contributed by atoms with Crippen molar-refractivity contribution in [1.82, 2.24) is 0 Å². The molecule has 626 valence electrons. The zero-order chi connectivity index (χ0) is 81.3. The normalized spacial score (nSPS) is 30.7. The van der Waals surface area contributed by atoms with E-state index in [0.29, 0.717) is 54.9 Å². The minimum Gasteiger partial charge on any atom is -0.468 e. The number of Topliss-reactive ketones (excluding diaryl/α,β-unsaturated/α-hetero) is 1. The van der Waals surface area contributed by atoms with Crippen LogP contribution in [0.25, 0.3) is 10.8 Å². The molecule has 0 bridgehead atoms. The van der Waals surface area contributed by atoms with Gasteiger partial charge in [-0.05, 0) is 144 Å². The molecule has 0 amide bonds. The van der Waals surface area contributed by atoms with Crippen LogP contribution < -0.4 is 9.47 Å². The number of fused-ring (bicyclic) bond motifs is 1. The fourth-order valence-electron chi connectivity index (χ4n) is 15.1. The van der Waals surface area contributed by atoms with Crippen LogP contribution in [0.3, 0.4) is 0 Å². The van der Waals surface area contributed by atoms with Gasteiger partial charge in [-0.1, -0.05) is 117 Å². The highest BCUT2D eigenvalue weighted by atomic mass is 32.2. The van der Waals surface area contributed by atoms with Crippen LogP contribution in [0.5, 0.6) is 11.5 Å². The summed E-state index contributed by atoms with van der Waals surface area (Å²) in [5.41, 5.74) is 2.65. The van der Waals surface area contributed by atoms with E-state index < -0.39 is 176 Å². The molecule has 22 atom stereocenters. The first-order valence-corrected chi connectivity index (χ1v) is 45.5. The molecule has 6 aromatic rings. The van der Waals surface area contributed by atoms with Gasteiger partial charge < -0.3 is 90.1 Å². The van der Waals surface area contributed by atoms with Crippen molar-refractivity contribution < 1.29 is 117 Å². The summed E-state index contributed by atoms with van der Waals surface area (Å²) in [5.74, 6) is -0.553. The highest BCUT2D eigenvalue weighted by Crippen LogP contribution is 2.40. The molecule has 6 fully saturated rings. The number of nitro benzene ring substituents is 1. The molecule has 0 aromatic heterocycles. The van der Waals surface area contributed by atoms with Gasteiger partial charge in [-0.3, -0.25) is 19.1 Å². The molecule has 6 saturated heterocycles. The quantitative estimate of drug-likeness (QED) is 0.00671. The summed E-state index contributed by atoms with van der Waals surface area (Å²) in [6, 6.07) is 46.5. The van der Waals surface area contributed by atoms with E-state index in [1.165, 1.54) is 31.2 Å². The number of non-ortho nitro benzene ring substituents is 1. The van der Waals surface area contributed by atoms with Crippen LogP contribution in [0.4, 0.5) is 5.69 Å². The molecule has 0 saturated carbocycles. The zero-order valence-corrected chi connectivity index (χ0v) is 68.9. The van der Waals surface area contributed by atoms with Crippen LogP contribution in [-0.4, -0.2) is 194 Å². The number of ketones is 1. The van der Waals surface area contributed by atoms with Crippen molar-refractivity contribution in [3.8, 4) is 11.5 Å². The molecule has 6 heterocycles. The second kappa shape index (κ2) is 41.0. The van der Waals surface area contributed by atoms with Crippen molar-refractivity contribution in [1.29, 1.82) is 0 Å². The highest BCUT2D eigenvalue weighted by Gasteiger charge is 2.50. The number of hydrogen-bond acceptors (Lipinski definition) is 26. The second-order valence-electron chi connectivity index (χ2n) is 31.8. The molecule has 0 aliphatic carbocycles. The van der Waals surface area contributed by atoms with Crippen molar-refractivity contribution in [2.24, 2.45) is 0 Å². The van der Waals surface area contributed by atoms with Gasteiger partial charge in [0, 0.05) is 71.8 Å². The number of aryl methyl sites for hydroxylation is 1. The lowest BCUT2D eigenvalue weighted by Gasteiger charge is -2.47. The van der Waals surface area contributed by atoms with Crippen LogP contribution in [0, 0.1) is 10.1 Å². The summed E-state index contributed by atoms with van der Waals surface area (Å²) in [6.07, 6.45) is -14.5. The largest absolute Gasteiger partial charge is 0.468 e. The number of esters is 2. The van der Waals surface area contributed by atoms with Crippen molar-refractivity contribution in [2.45, 2.75) is 293 Å². The maximum atomic E-state index is 14.2. The Kier molecular flexibility index (Phi) is 31.0. The fourth-order valence-corrected chi connectivity index (χ4v) is 17.1. The smallest absolute Gasteiger partial charge is 0.338 e. The van der Waals surface area contributed by atoms with Gasteiger partial charge in [0.2, 0.25) is 6.29 Å². The van der Waals surface area contributed by atoms with E-state index >= 15 is 0 Å². The van der Waals surface area contributed by atoms with Gasteiger partial charge >= 0.3 is 11.9 Å². The summed E-state index contributed by atoms with van der Waals surface area (Å²) in [5, 5.41) is 13.6. The molecule has 6 aliphatic rings. The fraction of sp³-hybridized carbons (Fsp3) is 0.570. The molecular formula is C86H111NO26SSi. The standard InChI is InChI=1S/C86H111NO26SSi/c1-53(88)25-38-75(89)106-69-36-40-77(100-54(69)2)110-82-56(4)103-81(47-72(82)97-51-62-26-29-63-21-17-18-24-65(63)45-62)111-83-57(5)102-79(46-71(83)96-50-61-19-13-11-14-20-61)107-70-37-39-76(99-55(70)3)108-74-49-80(104-59(7)85(74)113-114(93,94)43-41-60-27-30-66(31-28-60)87(91)92)109-73-48-78(101-58(6)84(73)112-86(90)64-22-15-12-16-23-64)105-68-34-32-67(33-35-68)98-52-95-42-44-115(8,9)10/h11-24,26-35,45,54-59,69-74,76-85H,25,36-44,46-52H2,1-10H3/t54-,55-,56+,57+,58+,59+,69-,70-,71+,72+,73+,74+,76-,77-,78-,79-,80-,81-,82+,83+,84+,85+/m0/s1. The van der Waals surface area contributed by atoms with Crippen molar-refractivity contribution in [2.75, 3.05) is 19.2 Å². The summed E-state index contributed by atoms with van der Waals surface area (Å²) in [4.78, 5) is 49.1. The van der Waals surface area contributed by atoms with E-state index in [4.69, 9.17) is 89.4 Å². The molecule has 27 nitrogen and oxygen atoms in total. The minimum absolute atomic E-state index is 0.00367. The molecule has 29 heteroatoms. The first-order chi connectivity index (χ1) is 55.2. The Hall–Kier alpha value is -7.24. The summed E-state index contributed by atoms with van der Waals surface area (Å²) < 4.78 is 152. The van der Waals surface area contributed by atoms with Gasteiger partial charge in [-0.2, -0.15) is 8.42 Å². The Bertz CT molecular complexity index is 4200. The van der Waals surface area contributed by atoms with Crippen LogP contribution >= 0.6 is 0 Å². The van der Waals surface area contributed by atoms with Crippen molar-refractivity contribution in [3.05, 3.63) is 184 Å². The topological polar surface area (TPSA) is 304 Å². The van der Waals surface area contributed by atoms with Gasteiger partial charge in [0.25, 0.3) is 15.8 Å². The molecule has 115 heavy (non-hydrogen) atoms. The minimum atomic E-state index is -4.35. The number of nitro groups is 1. The monoisotopic (exact) mass is 1630 g/mol. The summed E-state index contributed by atoms with van der Waals surface area (Å²) in [6.45, 7) is 20.5. The van der Waals surface area contributed by atoms with Crippen LogP contribution in [0.15, 0.2) is 152 Å². The summed E-state index contributed by atoms with van der Waals surface area (Å²) >= 11 is 0. The maximum Gasteiger partial charge on any atom is 0.338 e. The average molecular weight is 1630 g/mol. The molecule has 6 aromatic carbocycles. The zero-order valence-electron chi connectivity index (χ0n) is 67.1. The number of ether oxygens (including phenoxy) is 18. The van der Waals surface area contributed by atoms with Crippen LogP contribution in [0.1, 0.15) is 140 Å². The molecule has 6 aliphatic heterocycles. The number of hydrogen-bond donors (Lipinski definition) is 0. The third kappa shape index (κ3) is 25.6. The van der Waals surface area contributed by atoms with Gasteiger partial charge in [-0.15, -0.1) is 0 Å². The van der Waals surface area contributed by atoms with E-state index in [2.05, 4.69) is 50.0 Å². The lowest BCUT2D eigenvalue weighted by Crippen LogP contribution is -2.57.